The maximum atomic E-state index is 12.2. The number of benzene rings is 1. The van der Waals surface area contributed by atoms with Crippen LogP contribution >= 0.6 is 0 Å². The quantitative estimate of drug-likeness (QED) is 0.434. The molecule has 3 aromatic rings. The molecule has 3 heterocycles. The summed E-state index contributed by atoms with van der Waals surface area (Å²) in [6.07, 6.45) is 1.86. The Bertz CT molecular complexity index is 1300. The Kier molecular flexibility index (Phi) is 6.48. The Morgan fingerprint density at radius 1 is 1.25 bits per heavy atom. The number of hydrogen-bond acceptors (Lipinski definition) is 6. The molecule has 186 valence electrons. The molecule has 1 aliphatic heterocycles. The molecule has 0 unspecified atom stereocenters. The van der Waals surface area contributed by atoms with Crippen LogP contribution in [0.4, 0.5) is 4.79 Å². The van der Waals surface area contributed by atoms with E-state index in [9.17, 15) is 14.7 Å². The SMILES string of the molecule is C[C@H](O)c1nccn1Cc1cc(-c2ccc(C#C[C@H]3[C@H]4CN(C(=O)CCNC(=O)O)C[C@@H]34)cc2)on1. The maximum absolute atomic E-state index is 12.2. The fourth-order valence-corrected chi connectivity index (χ4v) is 4.78. The van der Waals surface area contributed by atoms with Gasteiger partial charge in [-0.25, -0.2) is 9.78 Å². The molecule has 0 bridgehead atoms. The van der Waals surface area contributed by atoms with Gasteiger partial charge in [0.1, 0.15) is 17.6 Å². The Morgan fingerprint density at radius 3 is 2.69 bits per heavy atom. The van der Waals surface area contributed by atoms with E-state index in [4.69, 9.17) is 9.63 Å². The molecule has 2 aromatic heterocycles. The largest absolute Gasteiger partial charge is 0.465 e. The van der Waals surface area contributed by atoms with Crippen LogP contribution in [0.2, 0.25) is 0 Å². The highest BCUT2D eigenvalue weighted by atomic mass is 16.5. The van der Waals surface area contributed by atoms with E-state index in [1.807, 2.05) is 39.8 Å². The Labute approximate surface area is 207 Å². The Morgan fingerprint density at radius 2 is 2.00 bits per heavy atom. The van der Waals surface area contributed by atoms with E-state index >= 15 is 0 Å². The smallest absolute Gasteiger partial charge is 0.404 e. The monoisotopic (exact) mass is 489 g/mol. The molecule has 5 rings (SSSR count). The number of likely N-dealkylation sites (tertiary alicyclic amines) is 1. The van der Waals surface area contributed by atoms with Gasteiger partial charge in [0, 0.05) is 61.6 Å². The zero-order chi connectivity index (χ0) is 25.2. The first-order valence-corrected chi connectivity index (χ1v) is 11.9. The second kappa shape index (κ2) is 9.87. The lowest BCUT2D eigenvalue weighted by Gasteiger charge is -2.18. The predicted octanol–water partition coefficient (Wildman–Crippen LogP) is 2.35. The predicted molar refractivity (Wildman–Crippen MR) is 128 cm³/mol. The molecular formula is C26H27N5O5. The van der Waals surface area contributed by atoms with Crippen LogP contribution in [-0.2, 0) is 11.3 Å². The molecule has 0 spiro atoms. The summed E-state index contributed by atoms with van der Waals surface area (Å²) in [7, 11) is 0. The number of carboxylic acid groups (broad SMARTS) is 1. The van der Waals surface area contributed by atoms with E-state index in [0.29, 0.717) is 49.0 Å². The molecule has 10 heteroatoms. The normalized spacial score (nSPS) is 20.8. The van der Waals surface area contributed by atoms with Crippen molar-refractivity contribution in [1.82, 2.24) is 24.9 Å². The summed E-state index contributed by atoms with van der Waals surface area (Å²) in [5.74, 6) is 8.94. The third kappa shape index (κ3) is 5.11. The molecular weight excluding hydrogens is 462 g/mol. The lowest BCUT2D eigenvalue weighted by molar-refractivity contribution is -0.130. The molecule has 10 nitrogen and oxygen atoms in total. The molecule has 1 saturated carbocycles. The first-order chi connectivity index (χ1) is 17.4. The number of hydrogen-bond donors (Lipinski definition) is 3. The van der Waals surface area contributed by atoms with Crippen molar-refractivity contribution in [2.24, 2.45) is 17.8 Å². The lowest BCUT2D eigenvalue weighted by atomic mass is 10.1. The highest BCUT2D eigenvalue weighted by molar-refractivity contribution is 5.77. The summed E-state index contributed by atoms with van der Waals surface area (Å²) in [4.78, 5) is 28.7. The average molecular weight is 490 g/mol. The van der Waals surface area contributed by atoms with Crippen molar-refractivity contribution >= 4 is 12.0 Å². The van der Waals surface area contributed by atoms with Gasteiger partial charge in [0.25, 0.3) is 0 Å². The van der Waals surface area contributed by atoms with Crippen LogP contribution in [0.15, 0.2) is 47.2 Å². The molecule has 1 saturated heterocycles. The summed E-state index contributed by atoms with van der Waals surface area (Å²) in [6, 6.07) is 9.69. The van der Waals surface area contributed by atoms with Gasteiger partial charge in [-0.3, -0.25) is 4.79 Å². The van der Waals surface area contributed by atoms with E-state index in [0.717, 1.165) is 16.8 Å². The summed E-state index contributed by atoms with van der Waals surface area (Å²) in [6.45, 7) is 3.66. The van der Waals surface area contributed by atoms with Crippen LogP contribution in [-0.4, -0.2) is 61.5 Å². The number of fused-ring (bicyclic) bond motifs is 1. The zero-order valence-corrected chi connectivity index (χ0v) is 19.8. The molecule has 1 aromatic carbocycles. The van der Waals surface area contributed by atoms with Crippen LogP contribution in [0.25, 0.3) is 11.3 Å². The number of imidazole rings is 1. The first kappa shape index (κ1) is 23.6. The number of carbonyl (C=O) groups is 2. The fourth-order valence-electron chi connectivity index (χ4n) is 4.78. The summed E-state index contributed by atoms with van der Waals surface area (Å²) < 4.78 is 7.35. The number of aromatic nitrogens is 3. The van der Waals surface area contributed by atoms with Crippen molar-refractivity contribution in [3.05, 3.63) is 59.8 Å². The van der Waals surface area contributed by atoms with Crippen LogP contribution in [0.1, 0.15) is 36.5 Å². The lowest BCUT2D eigenvalue weighted by Crippen LogP contribution is -2.34. The van der Waals surface area contributed by atoms with Crippen molar-refractivity contribution in [3.8, 4) is 23.2 Å². The number of rotatable bonds is 7. The van der Waals surface area contributed by atoms with Gasteiger partial charge in [-0.15, -0.1) is 0 Å². The molecule has 2 fully saturated rings. The number of nitrogens with zero attached hydrogens (tertiary/aromatic N) is 4. The van der Waals surface area contributed by atoms with Crippen molar-refractivity contribution in [3.63, 3.8) is 0 Å². The molecule has 3 N–H and O–H groups in total. The van der Waals surface area contributed by atoms with Crippen LogP contribution in [0, 0.1) is 29.6 Å². The van der Waals surface area contributed by atoms with Crippen molar-refractivity contribution in [1.29, 1.82) is 0 Å². The van der Waals surface area contributed by atoms with Gasteiger partial charge < -0.3 is 29.5 Å². The minimum absolute atomic E-state index is 0.0118. The van der Waals surface area contributed by atoms with Crippen LogP contribution < -0.4 is 5.32 Å². The third-order valence-corrected chi connectivity index (χ3v) is 6.73. The van der Waals surface area contributed by atoms with Crippen molar-refractivity contribution in [2.75, 3.05) is 19.6 Å². The minimum Gasteiger partial charge on any atom is -0.465 e. The van der Waals surface area contributed by atoms with Gasteiger partial charge in [-0.05, 0) is 43.0 Å². The number of carbonyl (C=O) groups excluding carboxylic acids is 1. The number of nitrogens with one attached hydrogen (secondary N) is 1. The highest BCUT2D eigenvalue weighted by Gasteiger charge is 2.55. The summed E-state index contributed by atoms with van der Waals surface area (Å²) >= 11 is 0. The molecule has 0 radical (unpaired) electrons. The standard InChI is InChI=1S/C26H27N5O5/c1-16(32)25-27-10-11-30(25)13-19-12-23(36-29-19)18-5-2-17(3-6-18)4-7-20-21-14-31(15-22(20)21)24(33)8-9-28-26(34)35/h2-3,5-6,10-12,16,20-22,28,32H,8-9,13-15H2,1H3,(H,34,35)/t16-,20-,21+,22-/m0/s1. The molecule has 36 heavy (non-hydrogen) atoms. The van der Waals surface area contributed by atoms with E-state index in [-0.39, 0.29) is 18.9 Å². The summed E-state index contributed by atoms with van der Waals surface area (Å²) in [5, 5.41) is 24.8. The van der Waals surface area contributed by atoms with Crippen molar-refractivity contribution < 1.29 is 24.3 Å². The topological polar surface area (TPSA) is 134 Å². The van der Waals surface area contributed by atoms with E-state index in [1.165, 1.54) is 0 Å². The van der Waals surface area contributed by atoms with Crippen molar-refractivity contribution in [2.45, 2.75) is 26.0 Å². The van der Waals surface area contributed by atoms with Crippen LogP contribution in [0.5, 0.6) is 0 Å². The van der Waals surface area contributed by atoms with E-state index in [1.54, 1.807) is 19.3 Å². The van der Waals surface area contributed by atoms with E-state index < -0.39 is 12.2 Å². The van der Waals surface area contributed by atoms with Gasteiger partial charge in [0.15, 0.2) is 5.76 Å². The second-order valence-corrected chi connectivity index (χ2v) is 9.25. The number of piperidine rings is 1. The van der Waals surface area contributed by atoms with Gasteiger partial charge in [0.2, 0.25) is 5.91 Å². The van der Waals surface area contributed by atoms with Gasteiger partial charge in [-0.2, -0.15) is 0 Å². The van der Waals surface area contributed by atoms with E-state index in [2.05, 4.69) is 27.3 Å². The van der Waals surface area contributed by atoms with Crippen LogP contribution in [0.3, 0.4) is 0 Å². The highest BCUT2D eigenvalue weighted by Crippen LogP contribution is 2.51. The number of amides is 2. The fraction of sp³-hybridized carbons (Fsp3) is 0.385. The summed E-state index contributed by atoms with van der Waals surface area (Å²) in [5.41, 5.74) is 2.55. The Balaban J connectivity index is 1.13. The maximum Gasteiger partial charge on any atom is 0.404 e. The van der Waals surface area contributed by atoms with Gasteiger partial charge in [0.05, 0.1) is 6.54 Å². The van der Waals surface area contributed by atoms with Gasteiger partial charge in [-0.1, -0.05) is 17.0 Å². The number of aliphatic hydroxyl groups excluding tert-OH is 1. The average Bonchev–Trinajstić information content (AvgIpc) is 3.34. The first-order valence-electron chi connectivity index (χ1n) is 11.9. The zero-order valence-electron chi connectivity index (χ0n) is 19.8. The molecule has 4 atom stereocenters. The van der Waals surface area contributed by atoms with Gasteiger partial charge >= 0.3 is 6.09 Å². The Hall–Kier alpha value is -4.10. The second-order valence-electron chi connectivity index (χ2n) is 9.25. The minimum atomic E-state index is -1.11. The molecule has 2 aliphatic rings. The third-order valence-electron chi connectivity index (χ3n) is 6.73. The number of aliphatic hydroxyl groups is 1. The molecule has 1 aliphatic carbocycles. The molecule has 2 amide bonds.